The SMILES string of the molecule is COc1cc([C@H]2C3=C(C[C@@H](C)[C@]4(Oc5c(Cl)c(OC)cc(OC)c5C4=O)C3=O)Nc3c2c(=O)n(C)c(=O)n3C)ccc1OC(C)C. The molecule has 2 aromatic carbocycles. The average molecular weight is 652 g/mol. The molecule has 0 radical (unpaired) electrons. The number of Topliss-reactive ketones (excluding diaryl/α,β-unsaturated/α-hetero) is 2. The molecule has 3 aromatic rings. The van der Waals surface area contributed by atoms with Crippen molar-refractivity contribution in [3.63, 3.8) is 0 Å². The molecular weight excluding hydrogens is 618 g/mol. The maximum absolute atomic E-state index is 15.1. The van der Waals surface area contributed by atoms with Gasteiger partial charge in [-0.1, -0.05) is 24.6 Å². The van der Waals surface area contributed by atoms with Crippen LogP contribution in [0.4, 0.5) is 5.82 Å². The average Bonchev–Trinajstić information content (AvgIpc) is 3.35. The van der Waals surface area contributed by atoms with Gasteiger partial charge in [0.15, 0.2) is 17.2 Å². The van der Waals surface area contributed by atoms with Crippen LogP contribution >= 0.6 is 11.6 Å². The van der Waals surface area contributed by atoms with Crippen LogP contribution in [-0.2, 0) is 18.9 Å². The molecule has 0 bridgehead atoms. The lowest BCUT2D eigenvalue weighted by atomic mass is 9.66. The second-order valence-electron chi connectivity index (χ2n) is 11.9. The van der Waals surface area contributed by atoms with Crippen LogP contribution in [0.1, 0.15) is 54.6 Å². The van der Waals surface area contributed by atoms with Crippen molar-refractivity contribution in [1.29, 1.82) is 0 Å². The molecule has 12 nitrogen and oxygen atoms in total. The largest absolute Gasteiger partial charge is 0.496 e. The number of ketones is 2. The van der Waals surface area contributed by atoms with Crippen molar-refractivity contribution in [2.75, 3.05) is 26.6 Å². The number of carbonyl (C=O) groups excluding carboxylic acids is 2. The van der Waals surface area contributed by atoms with E-state index in [0.717, 1.165) is 4.57 Å². The molecule has 0 fully saturated rings. The van der Waals surface area contributed by atoms with Gasteiger partial charge in [-0.3, -0.25) is 23.5 Å². The summed E-state index contributed by atoms with van der Waals surface area (Å²) >= 11 is 6.63. The van der Waals surface area contributed by atoms with Gasteiger partial charge in [-0.05, 0) is 38.0 Å². The Morgan fingerprint density at radius 2 is 1.61 bits per heavy atom. The van der Waals surface area contributed by atoms with E-state index in [9.17, 15) is 14.4 Å². The van der Waals surface area contributed by atoms with E-state index in [4.69, 9.17) is 35.3 Å². The molecule has 1 aliphatic carbocycles. The van der Waals surface area contributed by atoms with E-state index in [2.05, 4.69) is 5.32 Å². The van der Waals surface area contributed by atoms with Crippen molar-refractivity contribution in [2.45, 2.75) is 44.8 Å². The number of nitrogens with one attached hydrogen (secondary N) is 1. The summed E-state index contributed by atoms with van der Waals surface area (Å²) < 4.78 is 31.2. The van der Waals surface area contributed by atoms with Crippen LogP contribution in [0.15, 0.2) is 45.1 Å². The van der Waals surface area contributed by atoms with Gasteiger partial charge in [-0.15, -0.1) is 0 Å². The number of rotatable bonds is 6. The van der Waals surface area contributed by atoms with Gasteiger partial charge in [0.05, 0.1) is 33.0 Å². The van der Waals surface area contributed by atoms with E-state index in [1.807, 2.05) is 13.8 Å². The number of hydrogen-bond donors (Lipinski definition) is 1. The van der Waals surface area contributed by atoms with Gasteiger partial charge in [-0.2, -0.15) is 0 Å². The van der Waals surface area contributed by atoms with E-state index in [0.29, 0.717) is 22.8 Å². The molecular formula is C33H34ClN3O9. The number of carbonyl (C=O) groups is 2. The number of aromatic nitrogens is 2. The third-order valence-corrected chi connectivity index (χ3v) is 9.32. The van der Waals surface area contributed by atoms with E-state index in [-0.39, 0.29) is 57.3 Å². The summed E-state index contributed by atoms with van der Waals surface area (Å²) in [6.45, 7) is 5.50. The lowest BCUT2D eigenvalue weighted by molar-refractivity contribution is -0.130. The molecule has 1 spiro atoms. The first-order valence-electron chi connectivity index (χ1n) is 14.7. The first-order chi connectivity index (χ1) is 21.8. The number of benzene rings is 2. The molecule has 1 N–H and O–H groups in total. The summed E-state index contributed by atoms with van der Waals surface area (Å²) in [6, 6.07) is 6.62. The van der Waals surface area contributed by atoms with Crippen LogP contribution < -0.4 is 40.3 Å². The zero-order chi connectivity index (χ0) is 33.4. The summed E-state index contributed by atoms with van der Waals surface area (Å²) in [5.41, 5.74) is -1.83. The first kappa shape index (κ1) is 31.3. The van der Waals surface area contributed by atoms with E-state index in [1.165, 1.54) is 39.0 Å². The fraction of sp³-hybridized carbons (Fsp3) is 0.394. The number of methoxy groups -OCH3 is 3. The summed E-state index contributed by atoms with van der Waals surface area (Å²) in [5.74, 6) is -1.50. The maximum atomic E-state index is 15.1. The maximum Gasteiger partial charge on any atom is 0.332 e. The topological polar surface area (TPSA) is 136 Å². The molecule has 3 atom stereocenters. The second-order valence-corrected chi connectivity index (χ2v) is 12.3. The van der Waals surface area contributed by atoms with Gasteiger partial charge < -0.3 is 29.0 Å². The third kappa shape index (κ3) is 4.19. The van der Waals surface area contributed by atoms with Crippen molar-refractivity contribution >= 4 is 29.0 Å². The minimum Gasteiger partial charge on any atom is -0.496 e. The highest BCUT2D eigenvalue weighted by Crippen LogP contribution is 2.56. The molecule has 46 heavy (non-hydrogen) atoms. The molecule has 242 valence electrons. The molecule has 6 rings (SSSR count). The first-order valence-corrected chi connectivity index (χ1v) is 15.1. The number of hydrogen-bond acceptors (Lipinski definition) is 10. The highest BCUT2D eigenvalue weighted by atomic mass is 35.5. The Morgan fingerprint density at radius 1 is 0.935 bits per heavy atom. The van der Waals surface area contributed by atoms with Crippen LogP contribution in [0.3, 0.4) is 0 Å². The number of allylic oxidation sites excluding steroid dienone is 1. The Morgan fingerprint density at radius 3 is 2.24 bits per heavy atom. The highest BCUT2D eigenvalue weighted by molar-refractivity contribution is 6.36. The molecule has 2 aliphatic heterocycles. The van der Waals surface area contributed by atoms with Crippen LogP contribution in [0.25, 0.3) is 0 Å². The van der Waals surface area contributed by atoms with Gasteiger partial charge in [0.1, 0.15) is 27.9 Å². The Balaban J connectivity index is 1.61. The zero-order valence-corrected chi connectivity index (χ0v) is 27.5. The standard InChI is InChI=1S/C33H34ClN3O9/c1-14(2)45-18-10-9-16(12-19(18)42-6)22-23-17(35-30-25(22)31(40)37(5)32(41)36(30)4)11-15(3)33(28(23)38)29(39)24-20(43-7)13-21(44-8)26(34)27(24)46-33/h9-10,12-15,22,35H,11H2,1-8H3/t15-,22+,33+/m1/s1. The minimum absolute atomic E-state index is 0.0111. The quantitative estimate of drug-likeness (QED) is 0.390. The van der Waals surface area contributed by atoms with Crippen LogP contribution in [-0.4, -0.2) is 53.7 Å². The summed E-state index contributed by atoms with van der Waals surface area (Å²) in [4.78, 5) is 56.4. The number of nitrogens with zero attached hydrogens (tertiary/aromatic N) is 2. The smallest absolute Gasteiger partial charge is 0.332 e. The van der Waals surface area contributed by atoms with Crippen LogP contribution in [0.5, 0.6) is 28.7 Å². The predicted molar refractivity (Wildman–Crippen MR) is 169 cm³/mol. The van der Waals surface area contributed by atoms with Gasteiger partial charge >= 0.3 is 5.69 Å². The Kier molecular flexibility index (Phi) is 7.46. The molecule has 3 heterocycles. The predicted octanol–water partition coefficient (Wildman–Crippen LogP) is 3.98. The number of fused-ring (bicyclic) bond motifs is 2. The lowest BCUT2D eigenvalue weighted by Crippen LogP contribution is -2.58. The van der Waals surface area contributed by atoms with Crippen molar-refractivity contribution in [2.24, 2.45) is 20.0 Å². The number of anilines is 1. The number of halogens is 1. The summed E-state index contributed by atoms with van der Waals surface area (Å²) in [5, 5.41) is 3.24. The molecule has 13 heteroatoms. The van der Waals surface area contributed by atoms with Crippen molar-refractivity contribution in [3.8, 4) is 28.7 Å². The fourth-order valence-electron chi connectivity index (χ4n) is 6.74. The van der Waals surface area contributed by atoms with E-state index >= 15 is 4.79 Å². The Bertz CT molecular complexity index is 1990. The molecule has 0 amide bonds. The third-order valence-electron chi connectivity index (χ3n) is 8.96. The second kappa shape index (κ2) is 11.0. The molecule has 1 aromatic heterocycles. The fourth-order valence-corrected chi connectivity index (χ4v) is 7.00. The minimum atomic E-state index is -2.02. The van der Waals surface area contributed by atoms with Crippen molar-refractivity contribution < 1.29 is 33.3 Å². The molecule has 3 aliphatic rings. The Hall–Kier alpha value is -4.71. The molecule has 0 unspecified atom stereocenters. The summed E-state index contributed by atoms with van der Waals surface area (Å²) in [6.07, 6.45) is 0.0226. The van der Waals surface area contributed by atoms with Crippen molar-refractivity contribution in [1.82, 2.24) is 9.13 Å². The normalized spacial score (nSPS) is 21.4. The van der Waals surface area contributed by atoms with Gasteiger partial charge in [-0.25, -0.2) is 4.79 Å². The van der Waals surface area contributed by atoms with Gasteiger partial charge in [0, 0.05) is 43.3 Å². The number of ether oxygens (including phenoxy) is 5. The van der Waals surface area contributed by atoms with Crippen molar-refractivity contribution in [3.05, 3.63) is 78.1 Å². The monoisotopic (exact) mass is 651 g/mol. The zero-order valence-electron chi connectivity index (χ0n) is 26.7. The summed E-state index contributed by atoms with van der Waals surface area (Å²) in [7, 11) is 7.23. The highest BCUT2D eigenvalue weighted by Gasteiger charge is 2.63. The Labute approximate surface area is 269 Å². The van der Waals surface area contributed by atoms with E-state index in [1.54, 1.807) is 32.2 Å². The van der Waals surface area contributed by atoms with Gasteiger partial charge in [0.25, 0.3) is 5.56 Å². The van der Waals surface area contributed by atoms with Gasteiger partial charge in [0.2, 0.25) is 17.2 Å². The molecule has 0 saturated heterocycles. The van der Waals surface area contributed by atoms with E-state index < -0.39 is 40.3 Å². The lowest BCUT2D eigenvalue weighted by Gasteiger charge is -2.42. The van der Waals surface area contributed by atoms with Crippen LogP contribution in [0.2, 0.25) is 5.02 Å². The van der Waals surface area contributed by atoms with Crippen LogP contribution in [0, 0.1) is 5.92 Å². The molecule has 0 saturated carbocycles.